The smallest absolute Gasteiger partial charge is 0.345 e. The van der Waals surface area contributed by atoms with Crippen molar-refractivity contribution >= 4 is 52.8 Å². The number of ketones is 1. The predicted octanol–water partition coefficient (Wildman–Crippen LogP) is 4.72. The lowest BCUT2D eigenvalue weighted by molar-refractivity contribution is -0.137. The van der Waals surface area contributed by atoms with Crippen LogP contribution in [-0.2, 0) is 4.79 Å². The summed E-state index contributed by atoms with van der Waals surface area (Å²) in [4.78, 5) is 39.5. The Bertz CT molecular complexity index is 1250. The molecule has 1 aromatic heterocycles. The number of fused-ring (bicyclic) bond motifs is 1. The van der Waals surface area contributed by atoms with Gasteiger partial charge < -0.3 is 19.7 Å². The van der Waals surface area contributed by atoms with E-state index in [4.69, 9.17) is 4.42 Å². The molecule has 0 saturated carbocycles. The molecule has 3 aromatic rings. The maximum atomic E-state index is 13.0. The average Bonchev–Trinajstić information content (AvgIpc) is 2.84. The first-order valence-electron chi connectivity index (χ1n) is 11.1. The lowest BCUT2D eigenvalue weighted by atomic mass is 10.1. The zero-order chi connectivity index (χ0) is 24.7. The number of anilines is 2. The van der Waals surface area contributed by atoms with E-state index in [9.17, 15) is 19.5 Å². The van der Waals surface area contributed by atoms with Gasteiger partial charge in [-0.1, -0.05) is 30.3 Å². The lowest BCUT2D eigenvalue weighted by Gasteiger charge is -2.22. The van der Waals surface area contributed by atoms with E-state index in [0.29, 0.717) is 28.0 Å². The molecule has 8 heteroatoms. The molecule has 0 spiro atoms. The van der Waals surface area contributed by atoms with Crippen LogP contribution in [0.2, 0.25) is 0 Å². The van der Waals surface area contributed by atoms with Crippen molar-refractivity contribution in [1.82, 2.24) is 0 Å². The van der Waals surface area contributed by atoms with Gasteiger partial charge in [0.2, 0.25) is 0 Å². The second kappa shape index (κ2) is 11.6. The molecule has 3 rings (SSSR count). The minimum Gasteiger partial charge on any atom is -0.480 e. The number of aliphatic carboxylic acids is 1. The number of carboxylic acid groups (broad SMARTS) is 1. The molecule has 2 N–H and O–H groups in total. The van der Waals surface area contributed by atoms with Crippen LogP contribution in [0.5, 0.6) is 0 Å². The van der Waals surface area contributed by atoms with Crippen molar-refractivity contribution in [2.45, 2.75) is 26.3 Å². The van der Waals surface area contributed by atoms with Gasteiger partial charge in [0.25, 0.3) is 0 Å². The molecule has 0 aliphatic carbocycles. The molecule has 2 aromatic carbocycles. The van der Waals surface area contributed by atoms with Crippen molar-refractivity contribution in [3.8, 4) is 0 Å². The second-order valence-corrected chi connectivity index (χ2v) is 8.09. The van der Waals surface area contributed by atoms with Crippen molar-refractivity contribution in [3.63, 3.8) is 0 Å². The summed E-state index contributed by atoms with van der Waals surface area (Å²) in [6.07, 6.45) is 2.90. The van der Waals surface area contributed by atoms with Gasteiger partial charge in [0.1, 0.15) is 11.6 Å². The number of nitrogens with zero attached hydrogens (tertiary/aromatic N) is 1. The van der Waals surface area contributed by atoms with Crippen LogP contribution in [0.25, 0.3) is 17.0 Å². The molecule has 0 aliphatic heterocycles. The monoisotopic (exact) mass is 480 g/mol. The summed E-state index contributed by atoms with van der Waals surface area (Å²) in [5, 5.41) is 13.2. The Morgan fingerprint density at radius 1 is 1.15 bits per heavy atom. The van der Waals surface area contributed by atoms with Crippen LogP contribution in [-0.4, -0.2) is 41.7 Å². The number of carbonyl (C=O) groups excluding carboxylic acids is 1. The Morgan fingerprint density at radius 2 is 1.85 bits per heavy atom. The van der Waals surface area contributed by atoms with E-state index in [1.807, 2.05) is 19.9 Å². The van der Waals surface area contributed by atoms with Crippen molar-refractivity contribution in [3.05, 3.63) is 76.2 Å². The van der Waals surface area contributed by atoms with Gasteiger partial charge in [-0.05, 0) is 50.3 Å². The van der Waals surface area contributed by atoms with Crippen LogP contribution in [0.3, 0.4) is 0 Å². The molecule has 0 fully saturated rings. The SMILES string of the molecule is CCN(CC)c1ccc2c(NC(CCS)C(=O)O)c(/C=C/C(=O)c3ccccc3)c(=O)oc2c1. The fourth-order valence-corrected chi connectivity index (χ4v) is 3.97. The van der Waals surface area contributed by atoms with Crippen molar-refractivity contribution < 1.29 is 19.1 Å². The van der Waals surface area contributed by atoms with Crippen molar-refractivity contribution in [2.24, 2.45) is 0 Å². The number of rotatable bonds is 11. The van der Waals surface area contributed by atoms with Gasteiger partial charge in [0.05, 0.1) is 11.3 Å². The maximum absolute atomic E-state index is 13.0. The highest BCUT2D eigenvalue weighted by molar-refractivity contribution is 7.80. The normalized spacial score (nSPS) is 12.1. The standard InChI is InChI=1S/C26H28N2O5S/c1-3-28(4-2)18-10-11-19-23(16-18)33-26(32)20(24(19)27-21(14-15-34)25(30)31)12-13-22(29)17-8-6-5-7-9-17/h5-13,16,21,27,34H,3-4,14-15H2,1-2H3,(H,30,31)/b13-12+. The molecule has 0 bridgehead atoms. The Balaban J connectivity index is 2.15. The second-order valence-electron chi connectivity index (χ2n) is 7.64. The molecule has 178 valence electrons. The summed E-state index contributed by atoms with van der Waals surface area (Å²) in [7, 11) is 0. The van der Waals surface area contributed by atoms with Gasteiger partial charge in [-0.2, -0.15) is 12.6 Å². The predicted molar refractivity (Wildman–Crippen MR) is 139 cm³/mol. The van der Waals surface area contributed by atoms with Gasteiger partial charge in [0, 0.05) is 35.8 Å². The van der Waals surface area contributed by atoms with E-state index in [2.05, 4.69) is 22.8 Å². The first-order valence-corrected chi connectivity index (χ1v) is 11.8. The van der Waals surface area contributed by atoms with Crippen LogP contribution in [0.1, 0.15) is 36.2 Å². The number of benzene rings is 2. The zero-order valence-corrected chi connectivity index (χ0v) is 20.0. The number of thiol groups is 1. The summed E-state index contributed by atoms with van der Waals surface area (Å²) >= 11 is 4.16. The third-order valence-corrected chi connectivity index (χ3v) is 5.81. The highest BCUT2D eigenvalue weighted by atomic mass is 32.1. The van der Waals surface area contributed by atoms with Crippen LogP contribution in [0, 0.1) is 0 Å². The van der Waals surface area contributed by atoms with Crippen molar-refractivity contribution in [2.75, 3.05) is 29.1 Å². The molecule has 34 heavy (non-hydrogen) atoms. The third-order valence-electron chi connectivity index (χ3n) is 5.55. The quantitative estimate of drug-likeness (QED) is 0.158. The van der Waals surface area contributed by atoms with E-state index in [0.717, 1.165) is 18.8 Å². The van der Waals surface area contributed by atoms with Crippen LogP contribution in [0.15, 0.2) is 63.8 Å². The first kappa shape index (κ1) is 25.1. The van der Waals surface area contributed by atoms with Crippen molar-refractivity contribution in [1.29, 1.82) is 0 Å². The Kier molecular flexibility index (Phi) is 8.54. The molecule has 1 heterocycles. The fourth-order valence-electron chi connectivity index (χ4n) is 3.71. The number of hydrogen-bond donors (Lipinski definition) is 3. The van der Waals surface area contributed by atoms with Gasteiger partial charge in [-0.15, -0.1) is 0 Å². The lowest BCUT2D eigenvalue weighted by Crippen LogP contribution is -2.31. The summed E-state index contributed by atoms with van der Waals surface area (Å²) < 4.78 is 5.61. The Labute approximate surface area is 203 Å². The molecule has 0 amide bonds. The maximum Gasteiger partial charge on any atom is 0.345 e. The van der Waals surface area contributed by atoms with E-state index in [1.54, 1.807) is 42.5 Å². The fraction of sp³-hybridized carbons (Fsp3) is 0.269. The topological polar surface area (TPSA) is 99.9 Å². The number of allylic oxidation sites excluding steroid dienone is 1. The van der Waals surface area contributed by atoms with Gasteiger partial charge in [-0.3, -0.25) is 4.79 Å². The number of carboxylic acids is 1. The van der Waals surface area contributed by atoms with Crippen LogP contribution >= 0.6 is 12.6 Å². The molecule has 0 aliphatic rings. The Hall–Kier alpha value is -3.52. The van der Waals surface area contributed by atoms with E-state index in [-0.39, 0.29) is 17.8 Å². The molecule has 1 unspecified atom stereocenters. The number of carbonyl (C=O) groups is 2. The molecular formula is C26H28N2O5S. The zero-order valence-electron chi connectivity index (χ0n) is 19.2. The number of nitrogens with one attached hydrogen (secondary N) is 1. The summed E-state index contributed by atoms with van der Waals surface area (Å²) in [6.45, 7) is 5.62. The number of hydrogen-bond acceptors (Lipinski definition) is 7. The van der Waals surface area contributed by atoms with E-state index >= 15 is 0 Å². The summed E-state index contributed by atoms with van der Waals surface area (Å²) in [6, 6.07) is 13.2. The minimum absolute atomic E-state index is 0.0813. The molecule has 0 radical (unpaired) electrons. The first-order chi connectivity index (χ1) is 16.4. The minimum atomic E-state index is -1.06. The highest BCUT2D eigenvalue weighted by Gasteiger charge is 2.22. The molecule has 0 saturated heterocycles. The van der Waals surface area contributed by atoms with Gasteiger partial charge >= 0.3 is 11.6 Å². The molecule has 1 atom stereocenters. The van der Waals surface area contributed by atoms with E-state index in [1.165, 1.54) is 12.2 Å². The van der Waals surface area contributed by atoms with Gasteiger partial charge in [-0.25, -0.2) is 9.59 Å². The third kappa shape index (κ3) is 5.69. The largest absolute Gasteiger partial charge is 0.480 e. The van der Waals surface area contributed by atoms with Crippen LogP contribution in [0.4, 0.5) is 11.4 Å². The Morgan fingerprint density at radius 3 is 2.47 bits per heavy atom. The van der Waals surface area contributed by atoms with Gasteiger partial charge in [0.15, 0.2) is 5.78 Å². The van der Waals surface area contributed by atoms with E-state index < -0.39 is 17.6 Å². The average molecular weight is 481 g/mol. The molecule has 7 nitrogen and oxygen atoms in total. The molecular weight excluding hydrogens is 452 g/mol. The summed E-state index contributed by atoms with van der Waals surface area (Å²) in [5.74, 6) is -1.01. The van der Waals surface area contributed by atoms with Crippen LogP contribution < -0.4 is 15.8 Å². The highest BCUT2D eigenvalue weighted by Crippen LogP contribution is 2.30. The summed E-state index contributed by atoms with van der Waals surface area (Å²) in [5.41, 5.74) is 1.42.